The highest BCUT2D eigenvalue weighted by atomic mass is 32.2. The molecule has 2 heterocycles. The molecule has 0 spiro atoms. The van der Waals surface area contributed by atoms with Gasteiger partial charge in [0.25, 0.3) is 0 Å². The van der Waals surface area contributed by atoms with E-state index in [1.54, 1.807) is 11.8 Å². The molecule has 0 bridgehead atoms. The molecule has 0 saturated carbocycles. The molecule has 9 heteroatoms. The van der Waals surface area contributed by atoms with Crippen LogP contribution in [0.4, 0.5) is 5.13 Å². The maximum Gasteiger partial charge on any atom is 0.239 e. The number of carbonyl (C=O) groups is 1. The predicted octanol–water partition coefficient (Wildman–Crippen LogP) is 4.78. The fraction of sp³-hybridized carbons (Fsp3) is 0.368. The number of nitrogens with one attached hydrogen (secondary N) is 1. The van der Waals surface area contributed by atoms with Crippen LogP contribution in [0, 0.1) is 13.8 Å². The molecule has 0 aliphatic rings. The molecule has 0 radical (unpaired) electrons. The Hall–Kier alpha value is -1.84. The summed E-state index contributed by atoms with van der Waals surface area (Å²) in [4.78, 5) is 17.9. The topological polar surface area (TPSA) is 72.7 Å². The van der Waals surface area contributed by atoms with E-state index in [0.29, 0.717) is 5.13 Å². The fourth-order valence-corrected chi connectivity index (χ4v) is 4.90. The third kappa shape index (κ3) is 5.36. The number of thioether (sulfide) groups is 2. The summed E-state index contributed by atoms with van der Waals surface area (Å²) in [6, 6.07) is 8.46. The molecule has 0 aliphatic heterocycles. The number of hydrogen-bond donors (Lipinski definition) is 1. The monoisotopic (exact) mass is 433 g/mol. The first-order valence-electron chi connectivity index (χ1n) is 8.97. The minimum absolute atomic E-state index is 0.0828. The molecule has 2 aromatic heterocycles. The number of carbonyl (C=O) groups excluding carboxylic acids is 1. The molecule has 3 aromatic rings. The number of rotatable bonds is 8. The number of hydrogen-bond acceptors (Lipinski definition) is 7. The minimum atomic E-state index is -0.295. The number of anilines is 1. The van der Waals surface area contributed by atoms with Gasteiger partial charge in [-0.3, -0.25) is 4.79 Å². The average Bonchev–Trinajstić information content (AvgIpc) is 3.26. The Morgan fingerprint density at radius 3 is 2.64 bits per heavy atom. The fourth-order valence-electron chi connectivity index (χ4n) is 2.44. The van der Waals surface area contributed by atoms with Crippen LogP contribution in [-0.4, -0.2) is 30.9 Å². The number of benzene rings is 1. The molecule has 0 saturated heterocycles. The maximum absolute atomic E-state index is 12.4. The van der Waals surface area contributed by atoms with E-state index < -0.39 is 0 Å². The number of aryl methyl sites for hydroxylation is 2. The quantitative estimate of drug-likeness (QED) is 0.515. The largest absolute Gasteiger partial charge is 0.306 e. The van der Waals surface area contributed by atoms with E-state index in [0.717, 1.165) is 29.0 Å². The first kappa shape index (κ1) is 20.9. The Morgan fingerprint density at radius 2 is 2.00 bits per heavy atom. The molecular weight excluding hydrogens is 410 g/mol. The molecule has 0 fully saturated rings. The summed E-state index contributed by atoms with van der Waals surface area (Å²) in [6.07, 6.45) is 0. The summed E-state index contributed by atoms with van der Waals surface area (Å²) >= 11 is 4.58. The number of amides is 1. The Bertz CT molecular complexity index is 935. The van der Waals surface area contributed by atoms with Crippen LogP contribution in [0.25, 0.3) is 0 Å². The van der Waals surface area contributed by atoms with E-state index in [-0.39, 0.29) is 11.2 Å². The van der Waals surface area contributed by atoms with E-state index in [4.69, 9.17) is 0 Å². The Balaban J connectivity index is 1.62. The van der Waals surface area contributed by atoms with Gasteiger partial charge in [-0.15, -0.1) is 33.3 Å². The maximum atomic E-state index is 12.4. The van der Waals surface area contributed by atoms with E-state index in [9.17, 15) is 4.79 Å². The van der Waals surface area contributed by atoms with Gasteiger partial charge in [-0.2, -0.15) is 0 Å². The summed E-state index contributed by atoms with van der Waals surface area (Å²) in [5.41, 5.74) is 2.15. The highest BCUT2D eigenvalue weighted by Gasteiger charge is 2.20. The van der Waals surface area contributed by atoms with E-state index in [2.05, 4.69) is 63.2 Å². The summed E-state index contributed by atoms with van der Waals surface area (Å²) in [5, 5.41) is 14.5. The second kappa shape index (κ2) is 9.58. The van der Waals surface area contributed by atoms with Crippen molar-refractivity contribution in [3.8, 4) is 0 Å². The lowest BCUT2D eigenvalue weighted by atomic mass is 10.2. The minimum Gasteiger partial charge on any atom is -0.306 e. The second-order valence-corrected chi connectivity index (χ2v) is 9.50. The van der Waals surface area contributed by atoms with Crippen molar-refractivity contribution in [1.82, 2.24) is 19.7 Å². The lowest BCUT2D eigenvalue weighted by Gasteiger charge is -2.11. The third-order valence-corrected chi connectivity index (χ3v) is 6.96. The second-order valence-electron chi connectivity index (χ2n) is 6.29. The number of thiazole rings is 1. The van der Waals surface area contributed by atoms with Crippen LogP contribution in [0.1, 0.15) is 30.9 Å². The van der Waals surface area contributed by atoms with Gasteiger partial charge in [-0.25, -0.2) is 4.98 Å². The van der Waals surface area contributed by atoms with Gasteiger partial charge in [0.1, 0.15) is 5.82 Å². The lowest BCUT2D eigenvalue weighted by molar-refractivity contribution is -0.115. The van der Waals surface area contributed by atoms with Gasteiger partial charge in [-0.05, 0) is 39.8 Å². The Morgan fingerprint density at radius 1 is 1.25 bits per heavy atom. The van der Waals surface area contributed by atoms with Gasteiger partial charge in [0, 0.05) is 16.8 Å². The summed E-state index contributed by atoms with van der Waals surface area (Å²) in [6.45, 7) is 8.69. The van der Waals surface area contributed by atoms with Gasteiger partial charge in [0.2, 0.25) is 5.91 Å². The molecule has 0 aliphatic carbocycles. The zero-order chi connectivity index (χ0) is 20.1. The summed E-state index contributed by atoms with van der Waals surface area (Å²) in [7, 11) is 0. The Labute approximate surface area is 177 Å². The molecular formula is C19H23N5OS3. The zero-order valence-corrected chi connectivity index (χ0v) is 18.7. The van der Waals surface area contributed by atoms with Crippen LogP contribution in [-0.2, 0) is 17.1 Å². The molecule has 1 amide bonds. The Kier molecular flexibility index (Phi) is 7.14. The van der Waals surface area contributed by atoms with Crippen molar-refractivity contribution in [3.05, 3.63) is 46.7 Å². The van der Waals surface area contributed by atoms with Crippen molar-refractivity contribution in [1.29, 1.82) is 0 Å². The first-order valence-corrected chi connectivity index (χ1v) is 11.7. The van der Waals surface area contributed by atoms with Crippen LogP contribution in [0.2, 0.25) is 0 Å². The van der Waals surface area contributed by atoms with Crippen LogP contribution in [0.3, 0.4) is 0 Å². The van der Waals surface area contributed by atoms with Crippen molar-refractivity contribution in [2.24, 2.45) is 0 Å². The molecule has 148 valence electrons. The smallest absolute Gasteiger partial charge is 0.239 e. The summed E-state index contributed by atoms with van der Waals surface area (Å²) in [5.74, 6) is 1.57. The SMILES string of the molecule is CCn1c(CSc2ccc(C)cc2)nnc1SC(C)C(=O)Nc1nc(C)cs1. The first-order chi connectivity index (χ1) is 13.5. The van der Waals surface area contributed by atoms with Crippen molar-refractivity contribution in [3.63, 3.8) is 0 Å². The van der Waals surface area contributed by atoms with E-state index in [1.807, 2.05) is 19.2 Å². The van der Waals surface area contributed by atoms with Gasteiger partial charge in [0.15, 0.2) is 10.3 Å². The van der Waals surface area contributed by atoms with Crippen molar-refractivity contribution < 1.29 is 4.79 Å². The average molecular weight is 434 g/mol. The number of nitrogens with zero attached hydrogens (tertiary/aromatic N) is 4. The standard InChI is InChI=1S/C19H23N5OS3/c1-5-24-16(11-26-15-8-6-12(2)7-9-15)22-23-19(24)28-14(4)17(25)21-18-20-13(3)10-27-18/h6-10,14H,5,11H2,1-4H3,(H,20,21,25). The van der Waals surface area contributed by atoms with Crippen LogP contribution < -0.4 is 5.32 Å². The third-order valence-electron chi connectivity index (χ3n) is 4.00. The lowest BCUT2D eigenvalue weighted by Crippen LogP contribution is -2.23. The molecule has 3 rings (SSSR count). The van der Waals surface area contributed by atoms with Gasteiger partial charge < -0.3 is 9.88 Å². The van der Waals surface area contributed by atoms with Gasteiger partial charge in [0.05, 0.1) is 16.7 Å². The van der Waals surface area contributed by atoms with Crippen molar-refractivity contribution in [2.75, 3.05) is 5.32 Å². The normalized spacial score (nSPS) is 12.1. The molecule has 6 nitrogen and oxygen atoms in total. The highest BCUT2D eigenvalue weighted by Crippen LogP contribution is 2.27. The molecule has 1 aromatic carbocycles. The molecule has 1 N–H and O–H groups in total. The van der Waals surface area contributed by atoms with E-state index in [1.165, 1.54) is 33.6 Å². The van der Waals surface area contributed by atoms with Gasteiger partial charge >= 0.3 is 0 Å². The predicted molar refractivity (Wildman–Crippen MR) is 117 cm³/mol. The number of aromatic nitrogens is 4. The summed E-state index contributed by atoms with van der Waals surface area (Å²) < 4.78 is 2.07. The highest BCUT2D eigenvalue weighted by molar-refractivity contribution is 8.00. The van der Waals surface area contributed by atoms with Crippen LogP contribution >= 0.6 is 34.9 Å². The molecule has 1 unspecified atom stereocenters. The van der Waals surface area contributed by atoms with Crippen molar-refractivity contribution in [2.45, 2.75) is 55.3 Å². The van der Waals surface area contributed by atoms with Gasteiger partial charge in [-0.1, -0.05) is 29.5 Å². The van der Waals surface area contributed by atoms with Crippen molar-refractivity contribution >= 4 is 45.9 Å². The zero-order valence-electron chi connectivity index (χ0n) is 16.3. The van der Waals surface area contributed by atoms with Crippen LogP contribution in [0.15, 0.2) is 39.7 Å². The molecule has 1 atom stereocenters. The van der Waals surface area contributed by atoms with E-state index >= 15 is 0 Å². The van der Waals surface area contributed by atoms with Crippen LogP contribution in [0.5, 0.6) is 0 Å². The molecule has 28 heavy (non-hydrogen) atoms.